The van der Waals surface area contributed by atoms with E-state index in [-0.39, 0.29) is 5.56 Å². The first-order valence-corrected chi connectivity index (χ1v) is 5.87. The molecular formula is C15H10FN3. The summed E-state index contributed by atoms with van der Waals surface area (Å²) in [6.07, 6.45) is 1.68. The first kappa shape index (κ1) is 11.4. The first-order valence-electron chi connectivity index (χ1n) is 5.87. The minimum Gasteiger partial charge on any atom is -0.326 e. The molecule has 0 amide bonds. The molecule has 3 rings (SSSR count). The molecule has 3 nitrogen and oxygen atoms in total. The highest BCUT2D eigenvalue weighted by atomic mass is 19.1. The Morgan fingerprint density at radius 3 is 2.84 bits per heavy atom. The van der Waals surface area contributed by atoms with Crippen molar-refractivity contribution in [3.8, 4) is 6.07 Å². The van der Waals surface area contributed by atoms with Crippen molar-refractivity contribution in [1.82, 2.24) is 9.55 Å². The van der Waals surface area contributed by atoms with Gasteiger partial charge in [0, 0.05) is 5.56 Å². The molecule has 1 heterocycles. The summed E-state index contributed by atoms with van der Waals surface area (Å²) in [6.45, 7) is 0.363. The van der Waals surface area contributed by atoms with E-state index in [1.54, 1.807) is 18.5 Å². The second kappa shape index (κ2) is 4.54. The van der Waals surface area contributed by atoms with Gasteiger partial charge in [0.25, 0.3) is 0 Å². The molecule has 2 aromatic carbocycles. The van der Waals surface area contributed by atoms with Gasteiger partial charge < -0.3 is 4.57 Å². The van der Waals surface area contributed by atoms with Crippen molar-refractivity contribution in [2.75, 3.05) is 0 Å². The molecule has 0 bridgehead atoms. The van der Waals surface area contributed by atoms with E-state index in [1.165, 1.54) is 6.07 Å². The summed E-state index contributed by atoms with van der Waals surface area (Å²) in [7, 11) is 0. The van der Waals surface area contributed by atoms with Gasteiger partial charge in [-0.15, -0.1) is 0 Å². The maximum absolute atomic E-state index is 14.0. The fourth-order valence-corrected chi connectivity index (χ4v) is 2.11. The predicted molar refractivity (Wildman–Crippen MR) is 70.0 cm³/mol. The molecule has 0 aliphatic rings. The van der Waals surface area contributed by atoms with E-state index in [1.807, 2.05) is 34.9 Å². The zero-order chi connectivity index (χ0) is 13.2. The highest BCUT2D eigenvalue weighted by Gasteiger charge is 2.09. The van der Waals surface area contributed by atoms with Crippen molar-refractivity contribution in [2.45, 2.75) is 6.54 Å². The standard InChI is InChI=1S/C15H10FN3/c16-15-11(8-17)4-3-5-12(15)9-19-10-18-13-6-1-2-7-14(13)19/h1-7,10H,9H2. The quantitative estimate of drug-likeness (QED) is 0.702. The molecule has 0 atom stereocenters. The molecule has 0 spiro atoms. The maximum atomic E-state index is 14.0. The summed E-state index contributed by atoms with van der Waals surface area (Å²) in [5.74, 6) is -0.456. The number of hydrogen-bond acceptors (Lipinski definition) is 2. The lowest BCUT2D eigenvalue weighted by Crippen LogP contribution is -2.02. The lowest BCUT2D eigenvalue weighted by Gasteiger charge is -2.06. The van der Waals surface area contributed by atoms with Gasteiger partial charge in [-0.3, -0.25) is 0 Å². The highest BCUT2D eigenvalue weighted by Crippen LogP contribution is 2.17. The maximum Gasteiger partial charge on any atom is 0.145 e. The Labute approximate surface area is 109 Å². The van der Waals surface area contributed by atoms with Crippen molar-refractivity contribution >= 4 is 11.0 Å². The van der Waals surface area contributed by atoms with Crippen LogP contribution in [-0.4, -0.2) is 9.55 Å². The van der Waals surface area contributed by atoms with Crippen LogP contribution in [0.1, 0.15) is 11.1 Å². The number of nitriles is 1. The molecule has 0 aliphatic carbocycles. The van der Waals surface area contributed by atoms with Crippen LogP contribution in [-0.2, 0) is 6.54 Å². The molecule has 4 heteroatoms. The average molecular weight is 251 g/mol. The summed E-state index contributed by atoms with van der Waals surface area (Å²) in [5, 5.41) is 8.83. The third-order valence-corrected chi connectivity index (χ3v) is 3.07. The van der Waals surface area contributed by atoms with Gasteiger partial charge in [-0.25, -0.2) is 9.37 Å². The van der Waals surface area contributed by atoms with Crippen LogP contribution in [0.15, 0.2) is 48.8 Å². The van der Waals surface area contributed by atoms with E-state index in [0.717, 1.165) is 11.0 Å². The van der Waals surface area contributed by atoms with Crippen molar-refractivity contribution in [3.63, 3.8) is 0 Å². The number of rotatable bonds is 2. The van der Waals surface area contributed by atoms with Gasteiger partial charge in [-0.05, 0) is 18.2 Å². The molecule has 0 radical (unpaired) electrons. The van der Waals surface area contributed by atoms with E-state index in [2.05, 4.69) is 4.98 Å². The van der Waals surface area contributed by atoms with Crippen molar-refractivity contribution in [1.29, 1.82) is 5.26 Å². The van der Waals surface area contributed by atoms with Crippen LogP contribution >= 0.6 is 0 Å². The number of hydrogen-bond donors (Lipinski definition) is 0. The number of para-hydroxylation sites is 2. The Balaban J connectivity index is 2.05. The smallest absolute Gasteiger partial charge is 0.145 e. The molecule has 19 heavy (non-hydrogen) atoms. The van der Waals surface area contributed by atoms with Crippen molar-refractivity contribution in [2.24, 2.45) is 0 Å². The number of halogens is 1. The molecule has 92 valence electrons. The van der Waals surface area contributed by atoms with Crippen LogP contribution in [0, 0.1) is 17.1 Å². The van der Waals surface area contributed by atoms with E-state index in [9.17, 15) is 4.39 Å². The van der Waals surface area contributed by atoms with Crippen LogP contribution < -0.4 is 0 Å². The molecular weight excluding hydrogens is 241 g/mol. The van der Waals surface area contributed by atoms with Crippen LogP contribution in [0.25, 0.3) is 11.0 Å². The van der Waals surface area contributed by atoms with Crippen molar-refractivity contribution < 1.29 is 4.39 Å². The van der Waals surface area contributed by atoms with Crippen LogP contribution in [0.3, 0.4) is 0 Å². The number of benzene rings is 2. The molecule has 3 aromatic rings. The molecule has 0 saturated heterocycles. The van der Waals surface area contributed by atoms with Crippen molar-refractivity contribution in [3.05, 3.63) is 65.7 Å². The van der Waals surface area contributed by atoms with Gasteiger partial charge in [-0.1, -0.05) is 24.3 Å². The average Bonchev–Trinajstić information content (AvgIpc) is 2.85. The third kappa shape index (κ3) is 1.95. The lowest BCUT2D eigenvalue weighted by molar-refractivity contribution is 0.598. The van der Waals surface area contributed by atoms with Crippen LogP contribution in [0.4, 0.5) is 4.39 Å². The topological polar surface area (TPSA) is 41.6 Å². The SMILES string of the molecule is N#Cc1cccc(Cn2cnc3ccccc32)c1F. The molecule has 0 aliphatic heterocycles. The minimum atomic E-state index is -0.456. The largest absolute Gasteiger partial charge is 0.326 e. The second-order valence-corrected chi connectivity index (χ2v) is 4.25. The Kier molecular flexibility index (Phi) is 2.73. The normalized spacial score (nSPS) is 10.5. The summed E-state index contributed by atoms with van der Waals surface area (Å²) in [6, 6.07) is 14.4. The van der Waals surface area contributed by atoms with E-state index in [4.69, 9.17) is 5.26 Å². The Morgan fingerprint density at radius 2 is 2.00 bits per heavy atom. The highest BCUT2D eigenvalue weighted by molar-refractivity contribution is 5.75. The van der Waals surface area contributed by atoms with Gasteiger partial charge in [0.15, 0.2) is 0 Å². The molecule has 0 fully saturated rings. The second-order valence-electron chi connectivity index (χ2n) is 4.25. The number of imidazole rings is 1. The summed E-state index contributed by atoms with van der Waals surface area (Å²) < 4.78 is 15.9. The Hall–Kier alpha value is -2.67. The van der Waals surface area contributed by atoms with Gasteiger partial charge >= 0.3 is 0 Å². The monoisotopic (exact) mass is 251 g/mol. The third-order valence-electron chi connectivity index (χ3n) is 3.07. The van der Waals surface area contributed by atoms with Gasteiger partial charge in [0.05, 0.1) is 29.5 Å². The predicted octanol–water partition coefficient (Wildman–Crippen LogP) is 3.10. The zero-order valence-corrected chi connectivity index (χ0v) is 10.0. The van der Waals surface area contributed by atoms with Gasteiger partial charge in [0.1, 0.15) is 11.9 Å². The molecule has 0 saturated carbocycles. The summed E-state index contributed by atoms with van der Waals surface area (Å²) in [5.41, 5.74) is 2.38. The van der Waals surface area contributed by atoms with E-state index in [0.29, 0.717) is 12.1 Å². The summed E-state index contributed by atoms with van der Waals surface area (Å²) >= 11 is 0. The van der Waals surface area contributed by atoms with Crippen LogP contribution in [0.5, 0.6) is 0 Å². The number of aromatic nitrogens is 2. The van der Waals surface area contributed by atoms with Gasteiger partial charge in [0.2, 0.25) is 0 Å². The van der Waals surface area contributed by atoms with Crippen LogP contribution in [0.2, 0.25) is 0 Å². The zero-order valence-electron chi connectivity index (χ0n) is 10.0. The Bertz CT molecular complexity index is 783. The van der Waals surface area contributed by atoms with E-state index < -0.39 is 5.82 Å². The molecule has 1 aromatic heterocycles. The Morgan fingerprint density at radius 1 is 1.16 bits per heavy atom. The fraction of sp³-hybridized carbons (Fsp3) is 0.0667. The molecule has 0 N–H and O–H groups in total. The van der Waals surface area contributed by atoms with Gasteiger partial charge in [-0.2, -0.15) is 5.26 Å². The number of nitrogens with zero attached hydrogens (tertiary/aromatic N) is 3. The lowest BCUT2D eigenvalue weighted by atomic mass is 10.1. The minimum absolute atomic E-state index is 0.0712. The molecule has 0 unspecified atom stereocenters. The number of fused-ring (bicyclic) bond motifs is 1. The summed E-state index contributed by atoms with van der Waals surface area (Å²) in [4.78, 5) is 4.26. The van der Waals surface area contributed by atoms with E-state index >= 15 is 0 Å². The first-order chi connectivity index (χ1) is 9.29. The fourth-order valence-electron chi connectivity index (χ4n) is 2.11.